The van der Waals surface area contributed by atoms with E-state index in [9.17, 15) is 0 Å². The smallest absolute Gasteiger partial charge is 0.128 e. The minimum Gasteiger partial charge on any atom is -0.496 e. The van der Waals surface area contributed by atoms with Gasteiger partial charge in [0.1, 0.15) is 11.5 Å². The third-order valence-electron chi connectivity index (χ3n) is 2.99. The van der Waals surface area contributed by atoms with Gasteiger partial charge in [-0.3, -0.25) is 4.68 Å². The van der Waals surface area contributed by atoms with E-state index in [4.69, 9.17) is 9.47 Å². The van der Waals surface area contributed by atoms with Crippen LogP contribution < -0.4 is 9.47 Å². The molecule has 0 aliphatic rings. The zero-order valence-corrected chi connectivity index (χ0v) is 11.4. The Morgan fingerprint density at radius 1 is 1.00 bits per heavy atom. The third-order valence-corrected chi connectivity index (χ3v) is 2.99. The van der Waals surface area contributed by atoms with Crippen LogP contribution in [0.2, 0.25) is 0 Å². The summed E-state index contributed by atoms with van der Waals surface area (Å²) in [5.41, 5.74) is 4.04. The molecule has 18 heavy (non-hydrogen) atoms. The molecule has 0 bridgehead atoms. The molecule has 0 saturated heterocycles. The molecule has 0 radical (unpaired) electrons. The second-order valence-corrected chi connectivity index (χ2v) is 4.32. The Balaban J connectivity index is 2.65. The lowest BCUT2D eigenvalue weighted by atomic mass is 10.1. The Bertz CT molecular complexity index is 573. The first-order chi connectivity index (χ1) is 8.56. The zero-order chi connectivity index (χ0) is 13.3. The number of ether oxygens (including phenoxy) is 2. The second kappa shape index (κ2) is 4.72. The molecule has 1 heterocycles. The first-order valence-electron chi connectivity index (χ1n) is 5.80. The summed E-state index contributed by atoms with van der Waals surface area (Å²) in [4.78, 5) is 0. The fraction of sp³-hybridized carbons (Fsp3) is 0.357. The van der Waals surface area contributed by atoms with Gasteiger partial charge in [-0.1, -0.05) is 0 Å². The summed E-state index contributed by atoms with van der Waals surface area (Å²) in [6.45, 7) is 3.97. The van der Waals surface area contributed by atoms with E-state index < -0.39 is 0 Å². The highest BCUT2D eigenvalue weighted by atomic mass is 16.5. The number of hydrogen-bond acceptors (Lipinski definition) is 3. The maximum Gasteiger partial charge on any atom is 0.128 e. The van der Waals surface area contributed by atoms with Crippen LogP contribution in [0.25, 0.3) is 11.3 Å². The lowest BCUT2D eigenvalue weighted by Crippen LogP contribution is -1.98. The van der Waals surface area contributed by atoms with E-state index in [1.54, 1.807) is 14.2 Å². The van der Waals surface area contributed by atoms with Crippen LogP contribution in [-0.4, -0.2) is 24.0 Å². The van der Waals surface area contributed by atoms with Gasteiger partial charge in [0.25, 0.3) is 0 Å². The Labute approximate surface area is 107 Å². The molecule has 4 heteroatoms. The van der Waals surface area contributed by atoms with Crippen LogP contribution in [0.15, 0.2) is 18.2 Å². The van der Waals surface area contributed by atoms with Crippen LogP contribution in [0.5, 0.6) is 11.5 Å². The highest BCUT2D eigenvalue weighted by Crippen LogP contribution is 2.35. The lowest BCUT2D eigenvalue weighted by molar-refractivity contribution is 0.401. The van der Waals surface area contributed by atoms with Gasteiger partial charge in [0.05, 0.1) is 25.6 Å². The molecule has 0 N–H and O–H groups in total. The highest BCUT2D eigenvalue weighted by molar-refractivity contribution is 5.71. The fourth-order valence-electron chi connectivity index (χ4n) is 2.11. The predicted molar refractivity (Wildman–Crippen MR) is 71.2 cm³/mol. The number of aryl methyl sites for hydroxylation is 3. The molecule has 2 aromatic rings. The maximum absolute atomic E-state index is 5.45. The van der Waals surface area contributed by atoms with Gasteiger partial charge in [0, 0.05) is 12.6 Å². The summed E-state index contributed by atoms with van der Waals surface area (Å²) in [5, 5.41) is 4.36. The minimum atomic E-state index is 0.830. The minimum absolute atomic E-state index is 0.830. The van der Waals surface area contributed by atoms with Crippen LogP contribution >= 0.6 is 0 Å². The number of aromatic nitrogens is 2. The SMILES string of the molecule is COc1cc(-c2cc(C)nn2C)c(OC)cc1C. The largest absolute Gasteiger partial charge is 0.496 e. The van der Waals surface area contributed by atoms with E-state index in [2.05, 4.69) is 5.10 Å². The van der Waals surface area contributed by atoms with Crippen molar-refractivity contribution in [3.63, 3.8) is 0 Å². The highest BCUT2D eigenvalue weighted by Gasteiger charge is 2.14. The summed E-state index contributed by atoms with van der Waals surface area (Å²) in [6, 6.07) is 6.01. The number of hydrogen-bond donors (Lipinski definition) is 0. The van der Waals surface area contributed by atoms with E-state index in [1.807, 2.05) is 43.8 Å². The van der Waals surface area contributed by atoms with E-state index in [0.29, 0.717) is 0 Å². The van der Waals surface area contributed by atoms with E-state index in [1.165, 1.54) is 0 Å². The summed E-state index contributed by atoms with van der Waals surface area (Å²) >= 11 is 0. The maximum atomic E-state index is 5.45. The normalized spacial score (nSPS) is 10.5. The van der Waals surface area contributed by atoms with Gasteiger partial charge in [0.2, 0.25) is 0 Å². The Morgan fingerprint density at radius 3 is 2.17 bits per heavy atom. The quantitative estimate of drug-likeness (QED) is 0.835. The van der Waals surface area contributed by atoms with Crippen molar-refractivity contribution in [3.8, 4) is 22.8 Å². The average molecular weight is 246 g/mol. The van der Waals surface area contributed by atoms with E-state index in [0.717, 1.165) is 34.0 Å². The molecule has 0 spiro atoms. The summed E-state index contributed by atoms with van der Waals surface area (Å²) in [5.74, 6) is 1.68. The van der Waals surface area contributed by atoms with Crippen LogP contribution in [0.3, 0.4) is 0 Å². The summed E-state index contributed by atoms with van der Waals surface area (Å²) in [7, 11) is 5.27. The Morgan fingerprint density at radius 2 is 1.67 bits per heavy atom. The van der Waals surface area contributed by atoms with Crippen LogP contribution in [0, 0.1) is 13.8 Å². The number of nitrogens with zero attached hydrogens (tertiary/aromatic N) is 2. The van der Waals surface area contributed by atoms with Crippen molar-refractivity contribution in [2.24, 2.45) is 7.05 Å². The topological polar surface area (TPSA) is 36.3 Å². The monoisotopic (exact) mass is 246 g/mol. The van der Waals surface area contributed by atoms with Crippen molar-refractivity contribution >= 4 is 0 Å². The van der Waals surface area contributed by atoms with Crippen LogP contribution in [0.1, 0.15) is 11.3 Å². The predicted octanol–water partition coefficient (Wildman–Crippen LogP) is 2.72. The van der Waals surface area contributed by atoms with Gasteiger partial charge in [-0.25, -0.2) is 0 Å². The first kappa shape index (κ1) is 12.5. The molecular weight excluding hydrogens is 228 g/mol. The van der Waals surface area contributed by atoms with Crippen molar-refractivity contribution in [3.05, 3.63) is 29.5 Å². The molecule has 0 atom stereocenters. The fourth-order valence-corrected chi connectivity index (χ4v) is 2.11. The number of methoxy groups -OCH3 is 2. The molecule has 0 fully saturated rings. The molecule has 0 saturated carbocycles. The molecule has 1 aromatic heterocycles. The number of benzene rings is 1. The van der Waals surface area contributed by atoms with Crippen LogP contribution in [-0.2, 0) is 7.05 Å². The molecule has 0 aliphatic heterocycles. The summed E-state index contributed by atoms with van der Waals surface area (Å²) < 4.78 is 12.7. The second-order valence-electron chi connectivity index (χ2n) is 4.32. The molecule has 0 amide bonds. The first-order valence-corrected chi connectivity index (χ1v) is 5.80. The van der Waals surface area contributed by atoms with Gasteiger partial charge < -0.3 is 9.47 Å². The van der Waals surface area contributed by atoms with E-state index >= 15 is 0 Å². The molecule has 0 aliphatic carbocycles. The van der Waals surface area contributed by atoms with Crippen molar-refractivity contribution in [1.82, 2.24) is 9.78 Å². The van der Waals surface area contributed by atoms with Gasteiger partial charge in [-0.05, 0) is 37.6 Å². The van der Waals surface area contributed by atoms with Crippen molar-refractivity contribution in [1.29, 1.82) is 0 Å². The van der Waals surface area contributed by atoms with Gasteiger partial charge in [0.15, 0.2) is 0 Å². The van der Waals surface area contributed by atoms with Crippen molar-refractivity contribution < 1.29 is 9.47 Å². The molecular formula is C14H18N2O2. The zero-order valence-electron chi connectivity index (χ0n) is 11.4. The van der Waals surface area contributed by atoms with Crippen LogP contribution in [0.4, 0.5) is 0 Å². The van der Waals surface area contributed by atoms with Gasteiger partial charge >= 0.3 is 0 Å². The summed E-state index contributed by atoms with van der Waals surface area (Å²) in [6.07, 6.45) is 0. The molecule has 2 rings (SSSR count). The van der Waals surface area contributed by atoms with Crippen molar-refractivity contribution in [2.75, 3.05) is 14.2 Å². The Hall–Kier alpha value is -1.97. The molecule has 4 nitrogen and oxygen atoms in total. The molecule has 1 aromatic carbocycles. The van der Waals surface area contributed by atoms with Gasteiger partial charge in [-0.15, -0.1) is 0 Å². The third kappa shape index (κ3) is 2.06. The standard InChI is InChI=1S/C14H18N2O2/c1-9-6-14(18-5)11(8-13(9)17-4)12-7-10(2)15-16(12)3/h6-8H,1-5H3. The van der Waals surface area contributed by atoms with Gasteiger partial charge in [-0.2, -0.15) is 5.10 Å². The Kier molecular flexibility index (Phi) is 3.28. The lowest BCUT2D eigenvalue weighted by Gasteiger charge is -2.13. The van der Waals surface area contributed by atoms with E-state index in [-0.39, 0.29) is 0 Å². The molecule has 96 valence electrons. The average Bonchev–Trinajstić information content (AvgIpc) is 2.68. The molecule has 0 unspecified atom stereocenters. The van der Waals surface area contributed by atoms with Crippen molar-refractivity contribution in [2.45, 2.75) is 13.8 Å². The number of rotatable bonds is 3.